The van der Waals surface area contributed by atoms with Gasteiger partial charge in [0.05, 0.1) is 12.5 Å². The second-order valence-corrected chi connectivity index (χ2v) is 5.02. The first-order valence-electron chi connectivity index (χ1n) is 6.53. The largest absolute Gasteiger partial charge is 0.340 e. The number of likely N-dealkylation sites (tertiary alicyclic amines) is 1. The molecule has 2 amide bonds. The van der Waals surface area contributed by atoms with Gasteiger partial charge in [0.15, 0.2) is 5.82 Å². The van der Waals surface area contributed by atoms with E-state index < -0.39 is 0 Å². The number of nitrogens with zero attached hydrogens (tertiary/aromatic N) is 3. The van der Waals surface area contributed by atoms with Crippen molar-refractivity contribution in [2.45, 2.75) is 44.7 Å². The Morgan fingerprint density at radius 1 is 1.42 bits per heavy atom. The maximum absolute atomic E-state index is 12.0. The van der Waals surface area contributed by atoms with Gasteiger partial charge in [-0.25, -0.2) is 0 Å². The third-order valence-corrected chi connectivity index (χ3v) is 3.40. The Balaban J connectivity index is 1.50. The monoisotopic (exact) mass is 264 g/mol. The molecule has 1 saturated heterocycles. The van der Waals surface area contributed by atoms with Gasteiger partial charge in [-0.15, -0.1) is 0 Å². The van der Waals surface area contributed by atoms with Crippen LogP contribution in [0.4, 0.5) is 0 Å². The van der Waals surface area contributed by atoms with Crippen LogP contribution in [0.5, 0.6) is 0 Å². The smallest absolute Gasteiger partial charge is 0.247 e. The molecule has 102 valence electrons. The minimum Gasteiger partial charge on any atom is -0.340 e. The SMILES string of the molecule is Cc1nc(CCNC2CC(=O)N(C3CC3)C2=O)no1. The Hall–Kier alpha value is -1.76. The zero-order valence-corrected chi connectivity index (χ0v) is 10.8. The number of rotatable bonds is 5. The molecule has 1 N–H and O–H groups in total. The summed E-state index contributed by atoms with van der Waals surface area (Å²) in [7, 11) is 0. The molecule has 0 radical (unpaired) electrons. The molecule has 1 unspecified atom stereocenters. The predicted octanol–water partition coefficient (Wildman–Crippen LogP) is -0.200. The number of aryl methyl sites for hydroxylation is 1. The van der Waals surface area contributed by atoms with Crippen molar-refractivity contribution < 1.29 is 14.1 Å². The van der Waals surface area contributed by atoms with E-state index in [1.54, 1.807) is 6.92 Å². The van der Waals surface area contributed by atoms with Crippen LogP contribution in [0.15, 0.2) is 4.52 Å². The summed E-state index contributed by atoms with van der Waals surface area (Å²) in [5.74, 6) is 1.00. The molecule has 7 heteroatoms. The van der Waals surface area contributed by atoms with Crippen molar-refractivity contribution in [2.24, 2.45) is 0 Å². The van der Waals surface area contributed by atoms with E-state index in [4.69, 9.17) is 4.52 Å². The molecule has 1 atom stereocenters. The van der Waals surface area contributed by atoms with Crippen molar-refractivity contribution >= 4 is 11.8 Å². The summed E-state index contributed by atoms with van der Waals surface area (Å²) in [5.41, 5.74) is 0. The van der Waals surface area contributed by atoms with Crippen molar-refractivity contribution in [1.29, 1.82) is 0 Å². The number of imide groups is 1. The maximum atomic E-state index is 12.0. The van der Waals surface area contributed by atoms with E-state index in [1.165, 1.54) is 4.90 Å². The number of aromatic nitrogens is 2. The predicted molar refractivity (Wildman–Crippen MR) is 64.0 cm³/mol. The molecule has 7 nitrogen and oxygen atoms in total. The zero-order valence-electron chi connectivity index (χ0n) is 10.8. The van der Waals surface area contributed by atoms with E-state index in [9.17, 15) is 9.59 Å². The van der Waals surface area contributed by atoms with Gasteiger partial charge in [-0.3, -0.25) is 14.5 Å². The first-order valence-corrected chi connectivity index (χ1v) is 6.53. The fourth-order valence-corrected chi connectivity index (χ4v) is 2.33. The van der Waals surface area contributed by atoms with Crippen molar-refractivity contribution in [1.82, 2.24) is 20.4 Å². The Kier molecular flexibility index (Phi) is 3.06. The van der Waals surface area contributed by atoms with Gasteiger partial charge < -0.3 is 9.84 Å². The summed E-state index contributed by atoms with van der Waals surface area (Å²) in [6, 6.07) is -0.229. The standard InChI is InChI=1S/C12H16N4O3/c1-7-14-10(15-19-7)4-5-13-9-6-11(17)16(12(9)18)8-2-3-8/h8-9,13H,2-6H2,1H3. The Labute approximate surface area is 110 Å². The number of hydrogen-bond acceptors (Lipinski definition) is 6. The highest BCUT2D eigenvalue weighted by Gasteiger charge is 2.45. The average Bonchev–Trinajstić information content (AvgIpc) is 3.04. The van der Waals surface area contributed by atoms with Crippen LogP contribution >= 0.6 is 0 Å². The van der Waals surface area contributed by atoms with Crippen LogP contribution in [-0.2, 0) is 16.0 Å². The molecule has 2 aliphatic rings. The molecule has 2 fully saturated rings. The molecular weight excluding hydrogens is 248 g/mol. The molecule has 1 aromatic heterocycles. The third kappa shape index (κ3) is 2.51. The van der Waals surface area contributed by atoms with Crippen molar-refractivity contribution in [3.05, 3.63) is 11.7 Å². The summed E-state index contributed by atoms with van der Waals surface area (Å²) >= 11 is 0. The van der Waals surface area contributed by atoms with Gasteiger partial charge in [0.2, 0.25) is 17.7 Å². The van der Waals surface area contributed by atoms with E-state index in [2.05, 4.69) is 15.5 Å². The lowest BCUT2D eigenvalue weighted by molar-refractivity contribution is -0.139. The van der Waals surface area contributed by atoms with Gasteiger partial charge in [-0.1, -0.05) is 5.16 Å². The van der Waals surface area contributed by atoms with Crippen LogP contribution in [0.1, 0.15) is 31.0 Å². The zero-order chi connectivity index (χ0) is 13.4. The summed E-state index contributed by atoms with van der Waals surface area (Å²) in [6.45, 7) is 2.29. The molecule has 1 aliphatic heterocycles. The van der Waals surface area contributed by atoms with Crippen molar-refractivity contribution in [3.63, 3.8) is 0 Å². The van der Waals surface area contributed by atoms with E-state index in [0.29, 0.717) is 24.7 Å². The number of hydrogen-bond donors (Lipinski definition) is 1. The highest BCUT2D eigenvalue weighted by atomic mass is 16.5. The van der Waals surface area contributed by atoms with E-state index in [1.807, 2.05) is 0 Å². The Morgan fingerprint density at radius 3 is 2.84 bits per heavy atom. The summed E-state index contributed by atoms with van der Waals surface area (Å²) in [4.78, 5) is 29.3. The van der Waals surface area contributed by atoms with Gasteiger partial charge in [-0.2, -0.15) is 4.98 Å². The number of carbonyl (C=O) groups excluding carboxylic acids is 2. The van der Waals surface area contributed by atoms with Gasteiger partial charge in [0, 0.05) is 25.9 Å². The minimum atomic E-state index is -0.388. The van der Waals surface area contributed by atoms with Crippen LogP contribution in [-0.4, -0.2) is 45.5 Å². The molecule has 19 heavy (non-hydrogen) atoms. The molecule has 0 bridgehead atoms. The Bertz CT molecular complexity index is 509. The minimum absolute atomic E-state index is 0.0552. The lowest BCUT2D eigenvalue weighted by Crippen LogP contribution is -2.40. The van der Waals surface area contributed by atoms with E-state index in [0.717, 1.165) is 12.8 Å². The normalized spacial score (nSPS) is 23.4. The van der Waals surface area contributed by atoms with Gasteiger partial charge >= 0.3 is 0 Å². The second-order valence-electron chi connectivity index (χ2n) is 5.02. The van der Waals surface area contributed by atoms with Gasteiger partial charge in [-0.05, 0) is 12.8 Å². The van der Waals surface area contributed by atoms with Crippen LogP contribution < -0.4 is 5.32 Å². The van der Waals surface area contributed by atoms with E-state index in [-0.39, 0.29) is 30.3 Å². The molecule has 1 aliphatic carbocycles. The quantitative estimate of drug-likeness (QED) is 0.741. The molecular formula is C12H16N4O3. The molecule has 0 aromatic carbocycles. The van der Waals surface area contributed by atoms with Crippen molar-refractivity contribution in [2.75, 3.05) is 6.54 Å². The van der Waals surface area contributed by atoms with Crippen LogP contribution in [0.3, 0.4) is 0 Å². The second kappa shape index (κ2) is 4.73. The van der Waals surface area contributed by atoms with Gasteiger partial charge in [0.25, 0.3) is 0 Å². The number of carbonyl (C=O) groups is 2. The topological polar surface area (TPSA) is 88.3 Å². The first-order chi connectivity index (χ1) is 9.15. The lowest BCUT2D eigenvalue weighted by atomic mass is 10.2. The summed E-state index contributed by atoms with van der Waals surface area (Å²) in [5, 5.41) is 6.88. The summed E-state index contributed by atoms with van der Waals surface area (Å²) < 4.78 is 4.86. The van der Waals surface area contributed by atoms with Crippen molar-refractivity contribution in [3.8, 4) is 0 Å². The average molecular weight is 264 g/mol. The number of nitrogens with one attached hydrogen (secondary N) is 1. The molecule has 2 heterocycles. The highest BCUT2D eigenvalue weighted by Crippen LogP contribution is 2.31. The molecule has 0 spiro atoms. The van der Waals surface area contributed by atoms with Gasteiger partial charge in [0.1, 0.15) is 0 Å². The van der Waals surface area contributed by atoms with Crippen LogP contribution in [0, 0.1) is 6.92 Å². The fraction of sp³-hybridized carbons (Fsp3) is 0.667. The summed E-state index contributed by atoms with van der Waals surface area (Å²) in [6.07, 6.45) is 2.75. The molecule has 3 rings (SSSR count). The molecule has 1 saturated carbocycles. The van der Waals surface area contributed by atoms with Crippen LogP contribution in [0.25, 0.3) is 0 Å². The maximum Gasteiger partial charge on any atom is 0.247 e. The van der Waals surface area contributed by atoms with E-state index >= 15 is 0 Å². The van der Waals surface area contributed by atoms with Crippen LogP contribution in [0.2, 0.25) is 0 Å². The third-order valence-electron chi connectivity index (χ3n) is 3.40. The highest BCUT2D eigenvalue weighted by molar-refractivity contribution is 6.06. The first kappa shape index (κ1) is 12.3. The number of amides is 2. The fourth-order valence-electron chi connectivity index (χ4n) is 2.33. The Morgan fingerprint density at radius 2 is 2.21 bits per heavy atom. The lowest BCUT2D eigenvalue weighted by Gasteiger charge is -2.13. The molecule has 1 aromatic rings.